The van der Waals surface area contributed by atoms with Crippen molar-refractivity contribution in [1.29, 1.82) is 0 Å². The number of H-pyrrole nitrogens is 1. The van der Waals surface area contributed by atoms with Gasteiger partial charge in [-0.15, -0.1) is 0 Å². The monoisotopic (exact) mass is 793 g/mol. The number of aliphatic hydroxyl groups excluding tert-OH is 1. The molecule has 56 heavy (non-hydrogen) atoms. The summed E-state index contributed by atoms with van der Waals surface area (Å²) < 4.78 is 5.68. The number of hydrogen-bond donors (Lipinski definition) is 7. The highest BCUT2D eigenvalue weighted by Gasteiger charge is 2.42. The second-order valence-electron chi connectivity index (χ2n) is 15.0. The van der Waals surface area contributed by atoms with Gasteiger partial charge in [-0.2, -0.15) is 0 Å². The zero-order chi connectivity index (χ0) is 40.5. The molecule has 7 N–H and O–H groups in total. The second-order valence-corrected chi connectivity index (χ2v) is 15.5. The van der Waals surface area contributed by atoms with Crippen molar-refractivity contribution < 1.29 is 38.6 Å². The van der Waals surface area contributed by atoms with Crippen molar-refractivity contribution >= 4 is 57.9 Å². The highest BCUT2D eigenvalue weighted by atomic mass is 35.5. The van der Waals surface area contributed by atoms with Crippen LogP contribution in [0.4, 0.5) is 0 Å². The van der Waals surface area contributed by atoms with Crippen molar-refractivity contribution in [3.05, 3.63) is 64.8 Å². The van der Waals surface area contributed by atoms with E-state index >= 15 is 0 Å². The van der Waals surface area contributed by atoms with Gasteiger partial charge in [-0.3, -0.25) is 28.8 Å². The number of nitrogens with one attached hydrogen (secondary N) is 6. The molecule has 6 atom stereocenters. The number of aromatic nitrogens is 1. The van der Waals surface area contributed by atoms with Gasteiger partial charge in [0, 0.05) is 48.1 Å². The van der Waals surface area contributed by atoms with E-state index in [9.17, 15) is 33.9 Å². The maximum atomic E-state index is 14.2. The minimum absolute atomic E-state index is 0.0307. The van der Waals surface area contributed by atoms with Crippen molar-refractivity contribution in [2.75, 3.05) is 19.7 Å². The van der Waals surface area contributed by atoms with E-state index < -0.39 is 71.8 Å². The van der Waals surface area contributed by atoms with E-state index in [-0.39, 0.29) is 51.3 Å². The minimum Gasteiger partial charge on any atom is -0.484 e. The molecule has 3 aromatic rings. The summed E-state index contributed by atoms with van der Waals surface area (Å²) in [7, 11) is 0. The SMILES string of the molecule is Cc1cc(Cl)ccc1OCC(=O)N[C@H]1CCCCNC(=O)[C@@H]2C[C@@H](O)CN2C(=O)[C@@H](CC(C)C)NC(=O)[C@H](Cc2c[nH]c3ccccc23)NC(=O)[C@@H](C)NC1=O. The number of aryl methyl sites for hydroxylation is 1. The molecule has 3 heterocycles. The van der Waals surface area contributed by atoms with Crippen molar-refractivity contribution in [2.24, 2.45) is 5.92 Å². The van der Waals surface area contributed by atoms with Gasteiger partial charge in [-0.1, -0.05) is 43.6 Å². The van der Waals surface area contributed by atoms with E-state index in [2.05, 4.69) is 31.6 Å². The lowest BCUT2D eigenvalue weighted by molar-refractivity contribution is -0.142. The van der Waals surface area contributed by atoms with E-state index in [4.69, 9.17) is 16.3 Å². The summed E-state index contributed by atoms with van der Waals surface area (Å²) in [6, 6.07) is 7.08. The molecule has 16 heteroatoms. The number of carbonyl (C=O) groups excluding carboxylic acids is 6. The topological polar surface area (TPSA) is 211 Å². The fourth-order valence-electron chi connectivity index (χ4n) is 7.10. The predicted octanol–water partition coefficient (Wildman–Crippen LogP) is 2.02. The molecule has 0 saturated carbocycles. The Labute approximate surface area is 331 Å². The summed E-state index contributed by atoms with van der Waals surface area (Å²) in [5.41, 5.74) is 2.29. The smallest absolute Gasteiger partial charge is 0.258 e. The molecule has 6 amide bonds. The van der Waals surface area contributed by atoms with Crippen molar-refractivity contribution in [3.8, 4) is 5.75 Å². The number of benzene rings is 2. The minimum atomic E-state index is -1.18. The van der Waals surface area contributed by atoms with E-state index in [0.717, 1.165) is 22.0 Å². The van der Waals surface area contributed by atoms with E-state index in [1.54, 1.807) is 31.3 Å². The maximum absolute atomic E-state index is 14.2. The molecule has 302 valence electrons. The van der Waals surface area contributed by atoms with Gasteiger partial charge < -0.3 is 46.3 Å². The van der Waals surface area contributed by atoms with Crippen LogP contribution >= 0.6 is 11.6 Å². The molecule has 5 rings (SSSR count). The summed E-state index contributed by atoms with van der Waals surface area (Å²) >= 11 is 6.04. The lowest BCUT2D eigenvalue weighted by Gasteiger charge is -2.30. The first-order chi connectivity index (χ1) is 26.7. The molecule has 2 saturated heterocycles. The Morgan fingerprint density at radius 1 is 0.982 bits per heavy atom. The number of rotatable bonds is 8. The number of amides is 6. The quantitative estimate of drug-likeness (QED) is 0.179. The Bertz CT molecular complexity index is 1920. The molecule has 2 fully saturated rings. The molecule has 2 aliphatic rings. The summed E-state index contributed by atoms with van der Waals surface area (Å²) in [5.74, 6) is -3.03. The van der Waals surface area contributed by atoms with Crippen LogP contribution in [-0.4, -0.2) is 106 Å². The van der Waals surface area contributed by atoms with Gasteiger partial charge in [0.25, 0.3) is 5.91 Å². The van der Waals surface area contributed by atoms with Gasteiger partial charge in [-0.05, 0) is 80.8 Å². The van der Waals surface area contributed by atoms with Crippen molar-refractivity contribution in [3.63, 3.8) is 0 Å². The van der Waals surface area contributed by atoms with Crippen LogP contribution < -0.4 is 31.3 Å². The van der Waals surface area contributed by atoms with Crippen LogP contribution in [0.25, 0.3) is 10.9 Å². The molecule has 2 aromatic carbocycles. The number of halogens is 1. The molecule has 0 spiro atoms. The van der Waals surface area contributed by atoms with Crippen LogP contribution in [0.2, 0.25) is 5.02 Å². The van der Waals surface area contributed by atoms with Gasteiger partial charge >= 0.3 is 0 Å². The number of para-hydroxylation sites is 1. The molecule has 0 radical (unpaired) electrons. The fraction of sp³-hybridized carbons (Fsp3) is 0.500. The highest BCUT2D eigenvalue weighted by molar-refractivity contribution is 6.30. The number of nitrogens with zero attached hydrogens (tertiary/aromatic N) is 1. The molecule has 2 aliphatic heterocycles. The number of aliphatic hydroxyl groups is 1. The van der Waals surface area contributed by atoms with Gasteiger partial charge in [0.1, 0.15) is 36.0 Å². The maximum Gasteiger partial charge on any atom is 0.258 e. The Kier molecular flexibility index (Phi) is 14.4. The number of fused-ring (bicyclic) bond motifs is 2. The number of aromatic amines is 1. The first-order valence-electron chi connectivity index (χ1n) is 19.1. The highest BCUT2D eigenvalue weighted by Crippen LogP contribution is 2.24. The van der Waals surface area contributed by atoms with Crippen LogP contribution in [0.1, 0.15) is 64.0 Å². The Hall–Kier alpha value is -5.15. The molecule has 1 aromatic heterocycles. The lowest BCUT2D eigenvalue weighted by atomic mass is 10.00. The standard InChI is InChI=1S/C40H52ClN7O8/c1-22(2)15-32-40(55)48-20-27(49)18-33(48)39(54)42-14-8-7-11-30(45-35(50)21-56-34-13-12-26(41)16-23(34)3)37(52)44-24(4)36(51)46-31(38(53)47-32)17-25-19-43-29-10-6-5-9-28(25)29/h5-6,9-10,12-13,16,19,22,24,27,30-33,43,49H,7-8,11,14-15,17-18,20-21H2,1-4H3,(H,42,54)(H,44,52)(H,45,50)(H,46,51)(H,47,53)/t24-,27-,30+,31+,32-,33+/m1/s1. The molecule has 0 unspecified atom stereocenters. The average molecular weight is 794 g/mol. The molecule has 0 aliphatic carbocycles. The average Bonchev–Trinajstić information content (AvgIpc) is 3.75. The lowest BCUT2D eigenvalue weighted by Crippen LogP contribution is -2.59. The second kappa shape index (κ2) is 19.1. The summed E-state index contributed by atoms with van der Waals surface area (Å²) in [4.78, 5) is 86.7. The Morgan fingerprint density at radius 3 is 2.48 bits per heavy atom. The third-order valence-corrected chi connectivity index (χ3v) is 10.3. The zero-order valence-corrected chi connectivity index (χ0v) is 32.9. The van der Waals surface area contributed by atoms with Gasteiger partial charge in [0.2, 0.25) is 29.5 Å². The molecule has 0 bridgehead atoms. The predicted molar refractivity (Wildman–Crippen MR) is 210 cm³/mol. The van der Waals surface area contributed by atoms with Gasteiger partial charge in [0.05, 0.1) is 6.10 Å². The normalized spacial score (nSPS) is 24.6. The third kappa shape index (κ3) is 11.0. The zero-order valence-electron chi connectivity index (χ0n) is 32.2. The first-order valence-corrected chi connectivity index (χ1v) is 19.5. The van der Waals surface area contributed by atoms with E-state index in [1.165, 1.54) is 11.8 Å². The summed E-state index contributed by atoms with van der Waals surface area (Å²) in [5, 5.41) is 25.8. The Balaban J connectivity index is 1.40. The van der Waals surface area contributed by atoms with Crippen LogP contribution in [0.15, 0.2) is 48.7 Å². The first kappa shape index (κ1) is 42.0. The number of ether oxygens (including phenoxy) is 1. The van der Waals surface area contributed by atoms with Crippen molar-refractivity contribution in [1.82, 2.24) is 36.5 Å². The van der Waals surface area contributed by atoms with Gasteiger partial charge in [0.15, 0.2) is 6.61 Å². The molecular weight excluding hydrogens is 742 g/mol. The number of carbonyl (C=O) groups is 6. The molecular formula is C40H52ClN7O8. The summed E-state index contributed by atoms with van der Waals surface area (Å²) in [6.45, 7) is 6.80. The van der Waals surface area contributed by atoms with Crippen LogP contribution in [0.5, 0.6) is 5.75 Å². The number of hydrogen-bond acceptors (Lipinski definition) is 8. The Morgan fingerprint density at radius 2 is 1.73 bits per heavy atom. The van der Waals surface area contributed by atoms with Gasteiger partial charge in [-0.25, -0.2) is 0 Å². The van der Waals surface area contributed by atoms with Crippen LogP contribution in [0, 0.1) is 12.8 Å². The van der Waals surface area contributed by atoms with E-state index in [0.29, 0.717) is 23.6 Å². The fourth-order valence-corrected chi connectivity index (χ4v) is 7.33. The van der Waals surface area contributed by atoms with E-state index in [1.807, 2.05) is 38.1 Å². The largest absolute Gasteiger partial charge is 0.484 e. The van der Waals surface area contributed by atoms with Crippen LogP contribution in [0.3, 0.4) is 0 Å². The van der Waals surface area contributed by atoms with Crippen molar-refractivity contribution in [2.45, 2.75) is 103 Å². The summed E-state index contributed by atoms with van der Waals surface area (Å²) in [6.07, 6.45) is 2.11. The van der Waals surface area contributed by atoms with Crippen LogP contribution in [-0.2, 0) is 35.2 Å². The third-order valence-electron chi connectivity index (χ3n) is 10.0. The molecule has 15 nitrogen and oxygen atoms in total.